The lowest BCUT2D eigenvalue weighted by molar-refractivity contribution is 0.0922. The number of methoxy groups -OCH3 is 2. The van der Waals surface area contributed by atoms with Crippen LogP contribution >= 0.6 is 0 Å². The van der Waals surface area contributed by atoms with Crippen molar-refractivity contribution in [3.63, 3.8) is 0 Å². The van der Waals surface area contributed by atoms with Crippen LogP contribution in [0.15, 0.2) is 18.2 Å². The molecule has 20 heavy (non-hydrogen) atoms. The van der Waals surface area contributed by atoms with Crippen LogP contribution in [-0.4, -0.2) is 32.2 Å². The molecule has 110 valence electrons. The molecule has 2 rings (SSSR count). The Morgan fingerprint density at radius 3 is 2.50 bits per heavy atom. The Balaban J connectivity index is 2.08. The minimum absolute atomic E-state index is 0.124. The van der Waals surface area contributed by atoms with Crippen molar-refractivity contribution in [3.8, 4) is 11.5 Å². The molecule has 1 amide bonds. The molecule has 1 aliphatic rings. The van der Waals surface area contributed by atoms with Crippen molar-refractivity contribution in [1.29, 1.82) is 0 Å². The SMILES string of the molecule is COc1ccc(OC)c(C(=O)NC2CCC(N)CC2)c1. The second-order valence-electron chi connectivity index (χ2n) is 5.15. The lowest BCUT2D eigenvalue weighted by Crippen LogP contribution is -2.40. The summed E-state index contributed by atoms with van der Waals surface area (Å²) >= 11 is 0. The van der Waals surface area contributed by atoms with Gasteiger partial charge in [-0.05, 0) is 43.9 Å². The number of hydrogen-bond donors (Lipinski definition) is 2. The molecule has 0 heterocycles. The third kappa shape index (κ3) is 3.42. The third-order valence-corrected chi connectivity index (χ3v) is 3.76. The number of rotatable bonds is 4. The first kappa shape index (κ1) is 14.7. The van der Waals surface area contributed by atoms with Crippen molar-refractivity contribution in [1.82, 2.24) is 5.32 Å². The van der Waals surface area contributed by atoms with Crippen molar-refractivity contribution in [3.05, 3.63) is 23.8 Å². The number of benzene rings is 1. The summed E-state index contributed by atoms with van der Waals surface area (Å²) in [5.74, 6) is 1.07. The number of nitrogens with two attached hydrogens (primary N) is 1. The van der Waals surface area contributed by atoms with Gasteiger partial charge in [-0.15, -0.1) is 0 Å². The van der Waals surface area contributed by atoms with Gasteiger partial charge < -0.3 is 20.5 Å². The molecule has 1 saturated carbocycles. The quantitative estimate of drug-likeness (QED) is 0.879. The number of carbonyl (C=O) groups excluding carboxylic acids is 1. The molecule has 0 radical (unpaired) electrons. The third-order valence-electron chi connectivity index (χ3n) is 3.76. The van der Waals surface area contributed by atoms with E-state index in [0.717, 1.165) is 25.7 Å². The summed E-state index contributed by atoms with van der Waals surface area (Å²) in [5.41, 5.74) is 6.37. The molecular formula is C15H22N2O3. The Labute approximate surface area is 119 Å². The fourth-order valence-corrected chi connectivity index (χ4v) is 2.52. The molecule has 0 aromatic heterocycles. The van der Waals surface area contributed by atoms with Crippen molar-refractivity contribution in [2.75, 3.05) is 14.2 Å². The van der Waals surface area contributed by atoms with Crippen molar-refractivity contribution < 1.29 is 14.3 Å². The van der Waals surface area contributed by atoms with Crippen LogP contribution < -0.4 is 20.5 Å². The Hall–Kier alpha value is -1.75. The normalized spacial score (nSPS) is 22.1. The molecular weight excluding hydrogens is 256 g/mol. The van der Waals surface area contributed by atoms with Crippen LogP contribution in [0.5, 0.6) is 11.5 Å². The number of nitrogens with one attached hydrogen (secondary N) is 1. The van der Waals surface area contributed by atoms with Gasteiger partial charge >= 0.3 is 0 Å². The van der Waals surface area contributed by atoms with Crippen molar-refractivity contribution >= 4 is 5.91 Å². The monoisotopic (exact) mass is 278 g/mol. The van der Waals surface area contributed by atoms with Crippen molar-refractivity contribution in [2.24, 2.45) is 5.73 Å². The highest BCUT2D eigenvalue weighted by molar-refractivity contribution is 5.97. The van der Waals surface area contributed by atoms with Crippen LogP contribution in [-0.2, 0) is 0 Å². The maximum atomic E-state index is 12.4. The van der Waals surface area contributed by atoms with Crippen LogP contribution in [0.3, 0.4) is 0 Å². The zero-order valence-electron chi connectivity index (χ0n) is 12.0. The molecule has 0 aliphatic heterocycles. The van der Waals surface area contributed by atoms with Gasteiger partial charge in [0.2, 0.25) is 0 Å². The van der Waals surface area contributed by atoms with Gasteiger partial charge in [-0.1, -0.05) is 0 Å². The van der Waals surface area contributed by atoms with E-state index in [4.69, 9.17) is 15.2 Å². The second-order valence-corrected chi connectivity index (χ2v) is 5.15. The first-order chi connectivity index (χ1) is 9.63. The van der Waals surface area contributed by atoms with E-state index in [9.17, 15) is 4.79 Å². The molecule has 0 bridgehead atoms. The van der Waals surface area contributed by atoms with Gasteiger partial charge in [0.1, 0.15) is 11.5 Å². The van der Waals surface area contributed by atoms with E-state index < -0.39 is 0 Å². The molecule has 1 aliphatic carbocycles. The average molecular weight is 278 g/mol. The van der Waals surface area contributed by atoms with E-state index in [-0.39, 0.29) is 18.0 Å². The topological polar surface area (TPSA) is 73.6 Å². The first-order valence-corrected chi connectivity index (χ1v) is 6.92. The van der Waals surface area contributed by atoms with Gasteiger partial charge in [0.15, 0.2) is 0 Å². The van der Waals surface area contributed by atoms with Crippen LogP contribution in [0.1, 0.15) is 36.0 Å². The van der Waals surface area contributed by atoms with Gasteiger partial charge in [0.05, 0.1) is 19.8 Å². The largest absolute Gasteiger partial charge is 0.497 e. The Bertz CT molecular complexity index is 468. The van der Waals surface area contributed by atoms with Gasteiger partial charge in [0, 0.05) is 12.1 Å². The van der Waals surface area contributed by atoms with E-state index in [1.165, 1.54) is 0 Å². The molecule has 1 fully saturated rings. The summed E-state index contributed by atoms with van der Waals surface area (Å²) in [6.45, 7) is 0. The molecule has 3 N–H and O–H groups in total. The summed E-state index contributed by atoms with van der Waals surface area (Å²) in [4.78, 5) is 12.4. The zero-order valence-corrected chi connectivity index (χ0v) is 12.0. The summed E-state index contributed by atoms with van der Waals surface area (Å²) in [6, 6.07) is 5.68. The Kier molecular flexibility index (Phi) is 4.84. The molecule has 1 aromatic carbocycles. The number of amides is 1. The standard InChI is InChI=1S/C15H22N2O3/c1-19-12-7-8-14(20-2)13(9-12)15(18)17-11-5-3-10(16)4-6-11/h7-11H,3-6,16H2,1-2H3,(H,17,18). The minimum Gasteiger partial charge on any atom is -0.497 e. The lowest BCUT2D eigenvalue weighted by Gasteiger charge is -2.27. The Morgan fingerprint density at radius 1 is 1.20 bits per heavy atom. The zero-order chi connectivity index (χ0) is 14.5. The van der Waals surface area contributed by atoms with Crippen LogP contribution in [0.2, 0.25) is 0 Å². The molecule has 1 aromatic rings. The number of carbonyl (C=O) groups is 1. The van der Waals surface area contributed by atoms with E-state index in [1.807, 2.05) is 0 Å². The predicted octanol–water partition coefficient (Wildman–Crippen LogP) is 1.70. The van der Waals surface area contributed by atoms with Crippen LogP contribution in [0.25, 0.3) is 0 Å². The van der Waals surface area contributed by atoms with Crippen LogP contribution in [0.4, 0.5) is 0 Å². The van der Waals surface area contributed by atoms with Crippen LogP contribution in [0, 0.1) is 0 Å². The lowest BCUT2D eigenvalue weighted by atomic mass is 9.91. The van der Waals surface area contributed by atoms with Gasteiger partial charge in [-0.3, -0.25) is 4.79 Å². The molecule has 0 spiro atoms. The van der Waals surface area contributed by atoms with Gasteiger partial charge in [0.25, 0.3) is 5.91 Å². The minimum atomic E-state index is -0.124. The van der Waals surface area contributed by atoms with Crippen molar-refractivity contribution in [2.45, 2.75) is 37.8 Å². The summed E-state index contributed by atoms with van der Waals surface area (Å²) in [5, 5.41) is 3.05. The fraction of sp³-hybridized carbons (Fsp3) is 0.533. The average Bonchev–Trinajstić information content (AvgIpc) is 2.48. The molecule has 0 unspecified atom stereocenters. The van der Waals surface area contributed by atoms with E-state index in [2.05, 4.69) is 5.32 Å². The molecule has 0 saturated heterocycles. The fourth-order valence-electron chi connectivity index (χ4n) is 2.52. The highest BCUT2D eigenvalue weighted by atomic mass is 16.5. The highest BCUT2D eigenvalue weighted by Gasteiger charge is 2.22. The first-order valence-electron chi connectivity index (χ1n) is 6.92. The molecule has 5 heteroatoms. The van der Waals surface area contributed by atoms with E-state index >= 15 is 0 Å². The Morgan fingerprint density at radius 2 is 1.90 bits per heavy atom. The van der Waals surface area contributed by atoms with Gasteiger partial charge in [-0.25, -0.2) is 0 Å². The molecule has 5 nitrogen and oxygen atoms in total. The maximum Gasteiger partial charge on any atom is 0.255 e. The number of hydrogen-bond acceptors (Lipinski definition) is 4. The summed E-state index contributed by atoms with van der Waals surface area (Å²) in [7, 11) is 3.13. The smallest absolute Gasteiger partial charge is 0.255 e. The van der Waals surface area contributed by atoms with Gasteiger partial charge in [-0.2, -0.15) is 0 Å². The highest BCUT2D eigenvalue weighted by Crippen LogP contribution is 2.25. The second kappa shape index (κ2) is 6.61. The summed E-state index contributed by atoms with van der Waals surface area (Å²) < 4.78 is 10.4. The molecule has 0 atom stereocenters. The van der Waals surface area contributed by atoms with E-state index in [1.54, 1.807) is 32.4 Å². The van der Waals surface area contributed by atoms with E-state index in [0.29, 0.717) is 17.1 Å². The summed E-state index contributed by atoms with van der Waals surface area (Å²) in [6.07, 6.45) is 3.78. The predicted molar refractivity (Wildman–Crippen MR) is 77.2 cm³/mol. The maximum absolute atomic E-state index is 12.4. The number of ether oxygens (including phenoxy) is 2.